The molecule has 4 nitrogen and oxygen atoms in total. The lowest BCUT2D eigenvalue weighted by atomic mass is 10.0. The number of piperidine rings is 1. The molecule has 1 unspecified atom stereocenters. The summed E-state index contributed by atoms with van der Waals surface area (Å²) in [4.78, 5) is 11.1. The maximum atomic E-state index is 13.8. The first-order valence-corrected chi connectivity index (χ1v) is 8.63. The highest BCUT2D eigenvalue weighted by atomic mass is 19.1. The molecular formula is C19H25FN4. The van der Waals surface area contributed by atoms with Gasteiger partial charge in [-0.2, -0.15) is 0 Å². The molecule has 5 heteroatoms. The Kier molecular flexibility index (Phi) is 5.53. The van der Waals surface area contributed by atoms with Crippen LogP contribution in [0.3, 0.4) is 0 Å². The highest BCUT2D eigenvalue weighted by Crippen LogP contribution is 2.19. The van der Waals surface area contributed by atoms with Crippen molar-refractivity contribution >= 4 is 0 Å². The quantitative estimate of drug-likeness (QED) is 0.915. The Morgan fingerprint density at radius 2 is 1.92 bits per heavy atom. The molecule has 0 aliphatic carbocycles. The third kappa shape index (κ3) is 4.16. The SMILES string of the molecule is Cc1nccnc1C(C)NC1CCN(Cc2ccccc2F)CC1. The van der Waals surface area contributed by atoms with Gasteiger partial charge in [0.05, 0.1) is 11.4 Å². The number of hydrogen-bond donors (Lipinski definition) is 1. The maximum Gasteiger partial charge on any atom is 0.127 e. The molecule has 2 aromatic rings. The highest BCUT2D eigenvalue weighted by Gasteiger charge is 2.22. The minimum atomic E-state index is -0.107. The summed E-state index contributed by atoms with van der Waals surface area (Å²) in [6.07, 6.45) is 5.61. The molecule has 24 heavy (non-hydrogen) atoms. The van der Waals surface area contributed by atoms with Crippen LogP contribution in [0.2, 0.25) is 0 Å². The standard InChI is InChI=1S/C19H25FN4/c1-14-19(22-10-9-21-14)15(2)23-17-7-11-24(12-8-17)13-16-5-3-4-6-18(16)20/h3-6,9-10,15,17,23H,7-8,11-13H2,1-2H3. The van der Waals surface area contributed by atoms with E-state index in [4.69, 9.17) is 0 Å². The van der Waals surface area contributed by atoms with Gasteiger partial charge in [0.15, 0.2) is 0 Å². The monoisotopic (exact) mass is 328 g/mol. The number of benzene rings is 1. The number of nitrogens with one attached hydrogen (secondary N) is 1. The summed E-state index contributed by atoms with van der Waals surface area (Å²) in [6, 6.07) is 7.72. The second-order valence-electron chi connectivity index (χ2n) is 6.56. The van der Waals surface area contributed by atoms with Crippen molar-refractivity contribution in [3.63, 3.8) is 0 Å². The topological polar surface area (TPSA) is 41.1 Å². The predicted molar refractivity (Wildman–Crippen MR) is 93.0 cm³/mol. The third-order valence-corrected chi connectivity index (χ3v) is 4.75. The molecule has 0 radical (unpaired) electrons. The molecule has 3 rings (SSSR count). The van der Waals surface area contributed by atoms with Crippen molar-refractivity contribution in [3.8, 4) is 0 Å². The molecule has 0 amide bonds. The molecule has 0 saturated carbocycles. The van der Waals surface area contributed by atoms with Crippen molar-refractivity contribution in [2.75, 3.05) is 13.1 Å². The summed E-state index contributed by atoms with van der Waals surface area (Å²) in [5, 5.41) is 3.67. The van der Waals surface area contributed by atoms with Crippen LogP contribution in [0.1, 0.15) is 42.8 Å². The molecule has 1 atom stereocenters. The Bertz CT molecular complexity index is 668. The molecule has 0 bridgehead atoms. The van der Waals surface area contributed by atoms with Gasteiger partial charge in [0.2, 0.25) is 0 Å². The zero-order chi connectivity index (χ0) is 16.9. The van der Waals surface area contributed by atoms with Gasteiger partial charge in [-0.1, -0.05) is 18.2 Å². The lowest BCUT2D eigenvalue weighted by molar-refractivity contribution is 0.183. The number of halogens is 1. The smallest absolute Gasteiger partial charge is 0.127 e. The summed E-state index contributed by atoms with van der Waals surface area (Å²) in [5.41, 5.74) is 2.79. The van der Waals surface area contributed by atoms with E-state index < -0.39 is 0 Å². The van der Waals surface area contributed by atoms with Crippen LogP contribution < -0.4 is 5.32 Å². The summed E-state index contributed by atoms with van der Waals surface area (Å²) in [6.45, 7) is 6.80. The van der Waals surface area contributed by atoms with Gasteiger partial charge in [0, 0.05) is 36.6 Å². The van der Waals surface area contributed by atoms with E-state index in [0.29, 0.717) is 12.6 Å². The first-order chi connectivity index (χ1) is 11.6. The predicted octanol–water partition coefficient (Wildman–Crippen LogP) is 3.24. The van der Waals surface area contributed by atoms with Crippen LogP contribution in [-0.4, -0.2) is 34.0 Å². The zero-order valence-corrected chi connectivity index (χ0v) is 14.4. The number of likely N-dealkylation sites (tertiary alicyclic amines) is 1. The maximum absolute atomic E-state index is 13.8. The number of aromatic nitrogens is 2. The van der Waals surface area contributed by atoms with E-state index >= 15 is 0 Å². The average molecular weight is 328 g/mol. The van der Waals surface area contributed by atoms with Crippen molar-refractivity contribution in [1.29, 1.82) is 0 Å². The zero-order valence-electron chi connectivity index (χ0n) is 14.4. The molecule has 1 aliphatic rings. The van der Waals surface area contributed by atoms with Gasteiger partial charge >= 0.3 is 0 Å². The van der Waals surface area contributed by atoms with Crippen molar-refractivity contribution in [2.24, 2.45) is 0 Å². The minimum Gasteiger partial charge on any atom is -0.306 e. The molecule has 2 heterocycles. The van der Waals surface area contributed by atoms with Gasteiger partial charge in [-0.25, -0.2) is 4.39 Å². The summed E-state index contributed by atoms with van der Waals surface area (Å²) in [5.74, 6) is -0.107. The van der Waals surface area contributed by atoms with E-state index in [1.807, 2.05) is 19.1 Å². The lowest BCUT2D eigenvalue weighted by Crippen LogP contribution is -2.43. The summed E-state index contributed by atoms with van der Waals surface area (Å²) < 4.78 is 13.8. The molecule has 1 aromatic heterocycles. The van der Waals surface area contributed by atoms with Crippen LogP contribution >= 0.6 is 0 Å². The number of nitrogens with zero attached hydrogens (tertiary/aromatic N) is 3. The Morgan fingerprint density at radius 3 is 2.62 bits per heavy atom. The van der Waals surface area contributed by atoms with Crippen LogP contribution in [-0.2, 0) is 6.54 Å². The van der Waals surface area contributed by atoms with Crippen molar-refractivity contribution in [2.45, 2.75) is 45.3 Å². The normalized spacial score (nSPS) is 17.8. The Morgan fingerprint density at radius 1 is 1.21 bits per heavy atom. The molecule has 128 valence electrons. The Hall–Kier alpha value is -1.85. The molecular weight excluding hydrogens is 303 g/mol. The van der Waals surface area contributed by atoms with E-state index in [-0.39, 0.29) is 11.9 Å². The summed E-state index contributed by atoms with van der Waals surface area (Å²) >= 11 is 0. The van der Waals surface area contributed by atoms with Crippen molar-refractivity contribution in [3.05, 3.63) is 59.4 Å². The number of rotatable bonds is 5. The van der Waals surface area contributed by atoms with Crippen LogP contribution in [0.15, 0.2) is 36.7 Å². The van der Waals surface area contributed by atoms with Crippen LogP contribution in [0.5, 0.6) is 0 Å². The van der Waals surface area contributed by atoms with Gasteiger partial charge in [-0.05, 0) is 45.8 Å². The van der Waals surface area contributed by atoms with Crippen molar-refractivity contribution < 1.29 is 4.39 Å². The fourth-order valence-electron chi connectivity index (χ4n) is 3.40. The van der Waals surface area contributed by atoms with E-state index in [2.05, 4.69) is 27.1 Å². The van der Waals surface area contributed by atoms with E-state index in [9.17, 15) is 4.39 Å². The lowest BCUT2D eigenvalue weighted by Gasteiger charge is -2.34. The first kappa shape index (κ1) is 17.0. The molecule has 1 aliphatic heterocycles. The molecule has 1 fully saturated rings. The first-order valence-electron chi connectivity index (χ1n) is 8.63. The summed E-state index contributed by atoms with van der Waals surface area (Å²) in [7, 11) is 0. The van der Waals surface area contributed by atoms with Crippen molar-refractivity contribution in [1.82, 2.24) is 20.2 Å². The van der Waals surface area contributed by atoms with Gasteiger partial charge in [-0.15, -0.1) is 0 Å². The van der Waals surface area contributed by atoms with Crippen LogP contribution in [0.25, 0.3) is 0 Å². The number of hydrogen-bond acceptors (Lipinski definition) is 4. The van der Waals surface area contributed by atoms with E-state index in [0.717, 1.165) is 42.9 Å². The number of aryl methyl sites for hydroxylation is 1. The largest absolute Gasteiger partial charge is 0.306 e. The second-order valence-corrected chi connectivity index (χ2v) is 6.56. The molecule has 1 aromatic carbocycles. The highest BCUT2D eigenvalue weighted by molar-refractivity contribution is 5.17. The average Bonchev–Trinajstić information content (AvgIpc) is 2.59. The second kappa shape index (κ2) is 7.81. The van der Waals surface area contributed by atoms with Gasteiger partial charge in [0.25, 0.3) is 0 Å². The molecule has 0 spiro atoms. The van der Waals surface area contributed by atoms with Crippen LogP contribution in [0, 0.1) is 12.7 Å². The van der Waals surface area contributed by atoms with Gasteiger partial charge < -0.3 is 5.32 Å². The van der Waals surface area contributed by atoms with Crippen LogP contribution in [0.4, 0.5) is 4.39 Å². The Balaban J connectivity index is 1.50. The van der Waals surface area contributed by atoms with Gasteiger partial charge in [0.1, 0.15) is 5.82 Å². The van der Waals surface area contributed by atoms with E-state index in [1.165, 1.54) is 6.07 Å². The fourth-order valence-corrected chi connectivity index (χ4v) is 3.40. The van der Waals surface area contributed by atoms with E-state index in [1.54, 1.807) is 18.5 Å². The molecule has 1 saturated heterocycles. The molecule has 1 N–H and O–H groups in total. The third-order valence-electron chi connectivity index (χ3n) is 4.75. The Labute approximate surface area is 143 Å². The fraction of sp³-hybridized carbons (Fsp3) is 0.474. The minimum absolute atomic E-state index is 0.107. The van der Waals surface area contributed by atoms with Gasteiger partial charge in [-0.3, -0.25) is 14.9 Å².